The van der Waals surface area contributed by atoms with Crippen molar-refractivity contribution in [3.8, 4) is 0 Å². The van der Waals surface area contributed by atoms with Crippen molar-refractivity contribution in [2.24, 2.45) is 0 Å². The van der Waals surface area contributed by atoms with Crippen molar-refractivity contribution in [2.45, 2.75) is 31.5 Å². The zero-order valence-corrected chi connectivity index (χ0v) is 9.48. The van der Waals surface area contributed by atoms with E-state index in [1.54, 1.807) is 0 Å². The molecule has 0 aliphatic rings. The maximum Gasteiger partial charge on any atom is 0.0242 e. The van der Waals surface area contributed by atoms with Crippen LogP contribution in [0.2, 0.25) is 0 Å². The first kappa shape index (κ1) is 9.79. The van der Waals surface area contributed by atoms with Crippen LogP contribution >= 0.6 is 15.9 Å². The summed E-state index contributed by atoms with van der Waals surface area (Å²) in [7, 11) is 0. The van der Waals surface area contributed by atoms with Crippen molar-refractivity contribution >= 4 is 15.9 Å². The molecule has 0 bridgehead atoms. The molecular weight excluding hydrogens is 212 g/mol. The summed E-state index contributed by atoms with van der Waals surface area (Å²) in [5, 5.41) is 0. The van der Waals surface area contributed by atoms with Crippen molar-refractivity contribution in [1.82, 2.24) is 0 Å². The average molecular weight is 227 g/mol. The van der Waals surface area contributed by atoms with E-state index < -0.39 is 0 Å². The summed E-state index contributed by atoms with van der Waals surface area (Å²) >= 11 is 3.63. The highest BCUT2D eigenvalue weighted by molar-refractivity contribution is 9.10. The van der Waals surface area contributed by atoms with Crippen molar-refractivity contribution < 1.29 is 0 Å². The molecule has 0 saturated carbocycles. The normalized spacial score (nSPS) is 11.7. The summed E-state index contributed by atoms with van der Waals surface area (Å²) < 4.78 is 0.211. The third-order valence-corrected chi connectivity index (χ3v) is 2.03. The van der Waals surface area contributed by atoms with Crippen LogP contribution in [0.25, 0.3) is 0 Å². The monoisotopic (exact) mass is 226 g/mol. The number of alkyl halides is 1. The smallest absolute Gasteiger partial charge is 0.0242 e. The Morgan fingerprint density at radius 2 is 1.67 bits per heavy atom. The molecule has 1 heteroatoms. The van der Waals surface area contributed by atoms with Crippen LogP contribution in [0.15, 0.2) is 24.3 Å². The molecule has 0 amide bonds. The first-order chi connectivity index (χ1) is 5.47. The van der Waals surface area contributed by atoms with Gasteiger partial charge in [0.15, 0.2) is 0 Å². The third kappa shape index (κ3) is 3.40. The van der Waals surface area contributed by atoms with E-state index in [4.69, 9.17) is 0 Å². The first-order valence-corrected chi connectivity index (χ1v) is 5.01. The van der Waals surface area contributed by atoms with Gasteiger partial charge >= 0.3 is 0 Å². The Hall–Kier alpha value is -0.300. The lowest BCUT2D eigenvalue weighted by Gasteiger charge is -2.15. The Labute approximate surface area is 83.1 Å². The summed E-state index contributed by atoms with van der Waals surface area (Å²) in [6.45, 7) is 6.49. The topological polar surface area (TPSA) is 0 Å². The number of halogens is 1. The van der Waals surface area contributed by atoms with Gasteiger partial charge in [0.25, 0.3) is 0 Å². The van der Waals surface area contributed by atoms with E-state index in [1.165, 1.54) is 11.1 Å². The van der Waals surface area contributed by atoms with Gasteiger partial charge in [0.1, 0.15) is 0 Å². The van der Waals surface area contributed by atoms with Crippen LogP contribution in [0.3, 0.4) is 0 Å². The fourth-order valence-corrected chi connectivity index (χ4v) is 1.52. The van der Waals surface area contributed by atoms with Crippen molar-refractivity contribution in [2.75, 3.05) is 0 Å². The maximum absolute atomic E-state index is 3.63. The van der Waals surface area contributed by atoms with Crippen LogP contribution in [0.1, 0.15) is 25.0 Å². The highest BCUT2D eigenvalue weighted by Gasteiger charge is 2.12. The number of benzene rings is 1. The van der Waals surface area contributed by atoms with Gasteiger partial charge in [-0.15, -0.1) is 0 Å². The van der Waals surface area contributed by atoms with E-state index in [0.29, 0.717) is 0 Å². The van der Waals surface area contributed by atoms with Crippen LogP contribution in [-0.4, -0.2) is 4.32 Å². The van der Waals surface area contributed by atoms with Gasteiger partial charge in [-0.3, -0.25) is 0 Å². The Balaban J connectivity index is 2.71. The Bertz CT molecular complexity index is 241. The number of rotatable bonds is 2. The molecule has 12 heavy (non-hydrogen) atoms. The van der Waals surface area contributed by atoms with Crippen molar-refractivity contribution in [1.29, 1.82) is 0 Å². The average Bonchev–Trinajstić information content (AvgIpc) is 1.91. The molecule has 0 fully saturated rings. The van der Waals surface area contributed by atoms with Crippen LogP contribution in [0, 0.1) is 6.92 Å². The van der Waals surface area contributed by atoms with E-state index in [9.17, 15) is 0 Å². The number of hydrogen-bond acceptors (Lipinski definition) is 0. The van der Waals surface area contributed by atoms with E-state index in [0.717, 1.165) is 6.42 Å². The minimum atomic E-state index is 0.211. The van der Waals surface area contributed by atoms with Gasteiger partial charge in [-0.2, -0.15) is 0 Å². The first-order valence-electron chi connectivity index (χ1n) is 4.22. The zero-order chi connectivity index (χ0) is 9.19. The Kier molecular flexibility index (Phi) is 2.94. The van der Waals surface area contributed by atoms with Crippen molar-refractivity contribution in [3.63, 3.8) is 0 Å². The molecule has 1 rings (SSSR count). The lowest BCUT2D eigenvalue weighted by atomic mass is 10.0. The van der Waals surface area contributed by atoms with Gasteiger partial charge in [-0.25, -0.2) is 0 Å². The third-order valence-electron chi connectivity index (χ3n) is 1.75. The molecule has 0 saturated heterocycles. The molecular formula is C11H15Br. The largest absolute Gasteiger partial charge is 0.0856 e. The molecule has 0 N–H and O–H groups in total. The molecule has 0 spiro atoms. The minimum absolute atomic E-state index is 0.211. The van der Waals surface area contributed by atoms with Crippen LogP contribution in [-0.2, 0) is 6.42 Å². The highest BCUT2D eigenvalue weighted by atomic mass is 79.9. The van der Waals surface area contributed by atoms with Gasteiger partial charge in [-0.05, 0) is 32.8 Å². The quantitative estimate of drug-likeness (QED) is 0.675. The van der Waals surface area contributed by atoms with Crippen molar-refractivity contribution in [3.05, 3.63) is 35.4 Å². The summed E-state index contributed by atoms with van der Waals surface area (Å²) in [4.78, 5) is 0. The zero-order valence-electron chi connectivity index (χ0n) is 7.89. The number of hydrogen-bond donors (Lipinski definition) is 0. The Morgan fingerprint density at radius 3 is 2.08 bits per heavy atom. The minimum Gasteiger partial charge on any atom is -0.0856 e. The van der Waals surface area contributed by atoms with Gasteiger partial charge < -0.3 is 0 Å². The van der Waals surface area contributed by atoms with E-state index >= 15 is 0 Å². The molecule has 0 aromatic heterocycles. The summed E-state index contributed by atoms with van der Waals surface area (Å²) in [6.07, 6.45) is 1.08. The molecule has 0 heterocycles. The lowest BCUT2D eigenvalue weighted by Crippen LogP contribution is -2.12. The molecule has 0 atom stereocenters. The highest BCUT2D eigenvalue weighted by Crippen LogP contribution is 2.21. The van der Waals surface area contributed by atoms with Gasteiger partial charge in [0.05, 0.1) is 0 Å². The second-order valence-electron chi connectivity index (χ2n) is 3.88. The molecule has 0 radical (unpaired) electrons. The van der Waals surface area contributed by atoms with Crippen LogP contribution in [0.4, 0.5) is 0 Å². The van der Waals surface area contributed by atoms with Gasteiger partial charge in [0, 0.05) is 4.32 Å². The summed E-state index contributed by atoms with van der Waals surface area (Å²) in [5.74, 6) is 0. The standard InChI is InChI=1S/C11H15Br/c1-9-4-6-10(7-5-9)8-11(2,3)12/h4-7H,8H2,1-3H3. The SMILES string of the molecule is Cc1ccc(CC(C)(C)Br)cc1. The summed E-state index contributed by atoms with van der Waals surface area (Å²) in [6, 6.07) is 8.71. The van der Waals surface area contributed by atoms with E-state index in [1.807, 2.05) is 0 Å². The van der Waals surface area contributed by atoms with Crippen LogP contribution in [0.5, 0.6) is 0 Å². The Morgan fingerprint density at radius 1 is 1.17 bits per heavy atom. The van der Waals surface area contributed by atoms with Gasteiger partial charge in [-0.1, -0.05) is 45.8 Å². The van der Waals surface area contributed by atoms with E-state index in [-0.39, 0.29) is 4.32 Å². The van der Waals surface area contributed by atoms with E-state index in [2.05, 4.69) is 61.0 Å². The second kappa shape index (κ2) is 3.61. The lowest BCUT2D eigenvalue weighted by molar-refractivity contribution is 0.724. The predicted octanol–water partition coefficient (Wildman–Crippen LogP) is 3.71. The molecule has 0 aliphatic carbocycles. The predicted molar refractivity (Wildman–Crippen MR) is 57.9 cm³/mol. The fourth-order valence-electron chi connectivity index (χ4n) is 1.19. The molecule has 0 nitrogen and oxygen atoms in total. The van der Waals surface area contributed by atoms with Crippen LogP contribution < -0.4 is 0 Å². The molecule has 66 valence electrons. The second-order valence-corrected chi connectivity index (χ2v) is 6.03. The molecule has 1 aromatic rings. The van der Waals surface area contributed by atoms with Gasteiger partial charge in [0.2, 0.25) is 0 Å². The molecule has 1 aromatic carbocycles. The molecule has 0 unspecified atom stereocenters. The number of aryl methyl sites for hydroxylation is 1. The molecule has 0 aliphatic heterocycles. The fraction of sp³-hybridized carbons (Fsp3) is 0.455. The maximum atomic E-state index is 3.63. The summed E-state index contributed by atoms with van der Waals surface area (Å²) in [5.41, 5.74) is 2.72.